The van der Waals surface area contributed by atoms with Crippen molar-refractivity contribution < 1.29 is 42.1 Å². The van der Waals surface area contributed by atoms with Crippen LogP contribution in [0, 0.1) is 0 Å². The molecule has 0 radical (unpaired) electrons. The van der Waals surface area contributed by atoms with Crippen LogP contribution in [0.25, 0.3) is 0 Å². The van der Waals surface area contributed by atoms with Crippen molar-refractivity contribution >= 4 is 19.8 Å². The topological polar surface area (TPSA) is 108 Å². The average molecular weight is 1130 g/mol. The van der Waals surface area contributed by atoms with Crippen LogP contribution in [-0.2, 0) is 32.7 Å². The molecule has 0 aromatic heterocycles. The van der Waals surface area contributed by atoms with Crippen LogP contribution in [0.3, 0.4) is 0 Å². The molecule has 0 aromatic carbocycles. The van der Waals surface area contributed by atoms with Crippen LogP contribution in [0.15, 0.2) is 182 Å². The van der Waals surface area contributed by atoms with Gasteiger partial charge in [0.05, 0.1) is 27.7 Å². The quantitative estimate of drug-likeness (QED) is 0.0211. The van der Waals surface area contributed by atoms with E-state index in [4.69, 9.17) is 18.5 Å². The van der Waals surface area contributed by atoms with Gasteiger partial charge in [0.1, 0.15) is 19.8 Å². The number of ether oxygens (including phenoxy) is 2. The summed E-state index contributed by atoms with van der Waals surface area (Å²) in [6, 6.07) is 0. The molecule has 2 unspecified atom stereocenters. The lowest BCUT2D eigenvalue weighted by molar-refractivity contribution is -0.870. The van der Waals surface area contributed by atoms with Crippen LogP contribution >= 0.6 is 7.82 Å². The maximum Gasteiger partial charge on any atom is 0.472 e. The SMILES string of the molecule is CC/C=C\C/C=C\C/C=C\C/C=C\C/C=C\C/C=C\C/C=C\C/C=C\C/C=C\CCCCCCCCCC(=O)OC(COC(=O)CCCC/C=C\C/C=C\C/C=C\C/C=C\C/C=C\C/C=C\CC)COP(=O)(O)OCC[N+](C)(C)C. The second-order valence-electron chi connectivity index (χ2n) is 20.6. The van der Waals surface area contributed by atoms with Crippen LogP contribution in [-0.4, -0.2) is 74.9 Å². The Kier molecular flexibility index (Phi) is 55.2. The van der Waals surface area contributed by atoms with Crippen molar-refractivity contribution in [1.82, 2.24) is 0 Å². The van der Waals surface area contributed by atoms with E-state index < -0.39 is 32.5 Å². The number of hydrogen-bond acceptors (Lipinski definition) is 7. The molecular weight excluding hydrogens is 1010 g/mol. The number of rotatable bonds is 53. The van der Waals surface area contributed by atoms with Crippen molar-refractivity contribution in [1.29, 1.82) is 0 Å². The number of carbonyl (C=O) groups is 2. The molecule has 0 bridgehead atoms. The van der Waals surface area contributed by atoms with E-state index in [9.17, 15) is 19.0 Å². The van der Waals surface area contributed by atoms with Gasteiger partial charge in [0.25, 0.3) is 0 Å². The molecule has 80 heavy (non-hydrogen) atoms. The Labute approximate surface area is 489 Å². The van der Waals surface area contributed by atoms with Crippen LogP contribution < -0.4 is 0 Å². The summed E-state index contributed by atoms with van der Waals surface area (Å²) in [5.41, 5.74) is 0. The number of nitrogens with zero attached hydrogens (tertiary/aromatic N) is 1. The zero-order valence-corrected chi connectivity index (χ0v) is 51.6. The highest BCUT2D eigenvalue weighted by Crippen LogP contribution is 2.43. The fourth-order valence-electron chi connectivity index (χ4n) is 7.30. The third-order valence-electron chi connectivity index (χ3n) is 11.9. The Balaban J connectivity index is 4.28. The van der Waals surface area contributed by atoms with Crippen LogP contribution in [0.4, 0.5) is 0 Å². The molecule has 0 spiro atoms. The van der Waals surface area contributed by atoms with E-state index in [1.54, 1.807) is 0 Å². The summed E-state index contributed by atoms with van der Waals surface area (Å²) in [5.74, 6) is -0.879. The summed E-state index contributed by atoms with van der Waals surface area (Å²) in [7, 11) is 1.41. The highest BCUT2D eigenvalue weighted by atomic mass is 31.2. The minimum absolute atomic E-state index is 0.0109. The normalized spacial score (nSPS) is 14.5. The average Bonchev–Trinajstić information content (AvgIpc) is 3.42. The van der Waals surface area contributed by atoms with Gasteiger partial charge in [-0.2, -0.15) is 0 Å². The van der Waals surface area contributed by atoms with Crippen molar-refractivity contribution in [3.05, 3.63) is 182 Å². The Morgan fingerprint density at radius 1 is 0.388 bits per heavy atom. The van der Waals surface area contributed by atoms with Gasteiger partial charge in [0.2, 0.25) is 0 Å². The van der Waals surface area contributed by atoms with Crippen molar-refractivity contribution in [2.75, 3.05) is 47.5 Å². The van der Waals surface area contributed by atoms with E-state index in [-0.39, 0.29) is 26.1 Å². The summed E-state index contributed by atoms with van der Waals surface area (Å²) in [5, 5.41) is 0. The van der Waals surface area contributed by atoms with E-state index in [0.29, 0.717) is 23.9 Å². The maximum atomic E-state index is 12.8. The molecule has 1 N–H and O–H groups in total. The molecule has 0 rings (SSSR count). The molecule has 2 atom stereocenters. The number of esters is 2. The second-order valence-corrected chi connectivity index (χ2v) is 22.1. The number of phosphoric ester groups is 1. The van der Waals surface area contributed by atoms with Gasteiger partial charge in [-0.25, -0.2) is 4.57 Å². The van der Waals surface area contributed by atoms with E-state index in [0.717, 1.165) is 141 Å². The molecule has 0 heterocycles. The molecule has 0 aliphatic carbocycles. The molecule has 0 aromatic rings. The predicted molar refractivity (Wildman–Crippen MR) is 343 cm³/mol. The number of phosphoric acid groups is 1. The van der Waals surface area contributed by atoms with E-state index in [1.165, 1.54) is 12.8 Å². The summed E-state index contributed by atoms with van der Waals surface area (Å²) >= 11 is 0. The van der Waals surface area contributed by atoms with Crippen molar-refractivity contribution in [3.8, 4) is 0 Å². The third kappa shape index (κ3) is 62.3. The Morgan fingerprint density at radius 3 is 1.02 bits per heavy atom. The molecule has 0 fully saturated rings. The molecule has 0 aliphatic heterocycles. The fourth-order valence-corrected chi connectivity index (χ4v) is 8.04. The first kappa shape index (κ1) is 75.1. The van der Waals surface area contributed by atoms with Gasteiger partial charge in [0, 0.05) is 12.8 Å². The van der Waals surface area contributed by atoms with Gasteiger partial charge in [-0.05, 0) is 135 Å². The van der Waals surface area contributed by atoms with Gasteiger partial charge >= 0.3 is 19.8 Å². The molecule has 0 saturated carbocycles. The Bertz CT molecular complexity index is 2000. The van der Waals surface area contributed by atoms with Crippen molar-refractivity contribution in [2.45, 2.75) is 200 Å². The smallest absolute Gasteiger partial charge is 0.462 e. The summed E-state index contributed by atoms with van der Waals surface area (Å²) in [6.45, 7) is 4.10. The highest BCUT2D eigenvalue weighted by Gasteiger charge is 2.27. The lowest BCUT2D eigenvalue weighted by atomic mass is 10.1. The number of quaternary nitrogens is 1. The largest absolute Gasteiger partial charge is 0.472 e. The lowest BCUT2D eigenvalue weighted by Crippen LogP contribution is -2.37. The number of unbranched alkanes of at least 4 members (excludes halogenated alkanes) is 9. The summed E-state index contributed by atoms with van der Waals surface area (Å²) < 4.78 is 34.5. The number of hydrogen-bond donors (Lipinski definition) is 1. The number of allylic oxidation sites excluding steroid dienone is 30. The standard InChI is InChI=1S/C70H110NO8P/c1-6-8-10-12-14-16-18-20-22-24-26-28-29-30-31-32-33-34-35-36-37-38-39-40-41-43-45-47-49-51-53-55-57-59-61-63-70(73)79-68(67-78-80(74,75)77-65-64-71(3,4)5)66-76-69(72)62-60-58-56-54-52-50-48-46-44-42-27-25-23-21-19-17-15-13-11-9-7-2/h8-11,14-17,20-23,26-28,30-31,33-34,36-37,39-40,42-43,45-46,48,52,54,68H,6-7,12-13,18-19,24-25,29,32,35,38,41,44,47,49-51,53,55-67H2,1-5H3/p+1/b10-8-,11-9-,16-14-,17-15-,22-20-,23-21-,28-26-,31-30-,34-33-,37-36-,40-39-,42-27-,45-43-,48-46-,54-52-. The maximum absolute atomic E-state index is 12.8. The summed E-state index contributed by atoms with van der Waals surface area (Å²) in [6.07, 6.45) is 91.1. The summed E-state index contributed by atoms with van der Waals surface area (Å²) in [4.78, 5) is 35.7. The molecule has 0 amide bonds. The predicted octanol–water partition coefficient (Wildman–Crippen LogP) is 19.6. The zero-order valence-electron chi connectivity index (χ0n) is 50.7. The Hall–Kier alpha value is -4.89. The van der Waals surface area contributed by atoms with Gasteiger partial charge in [-0.1, -0.05) is 228 Å². The first-order valence-electron chi connectivity index (χ1n) is 30.5. The van der Waals surface area contributed by atoms with E-state index >= 15 is 0 Å². The van der Waals surface area contributed by atoms with Crippen LogP contribution in [0.1, 0.15) is 194 Å². The monoisotopic (exact) mass is 1120 g/mol. The Morgan fingerprint density at radius 2 is 0.675 bits per heavy atom. The molecule has 0 aliphatic rings. The molecule has 0 saturated heterocycles. The van der Waals surface area contributed by atoms with Crippen LogP contribution in [0.5, 0.6) is 0 Å². The second kappa shape index (κ2) is 58.8. The first-order chi connectivity index (χ1) is 39.0. The molecule has 9 nitrogen and oxygen atoms in total. The highest BCUT2D eigenvalue weighted by molar-refractivity contribution is 7.47. The third-order valence-corrected chi connectivity index (χ3v) is 12.9. The zero-order chi connectivity index (χ0) is 58.4. The minimum Gasteiger partial charge on any atom is -0.462 e. The first-order valence-corrected chi connectivity index (χ1v) is 32.0. The number of likely N-dealkylation sites (N-methyl/N-ethyl adjacent to an activating group) is 1. The lowest BCUT2D eigenvalue weighted by Gasteiger charge is -2.24. The minimum atomic E-state index is -4.42. The molecular formula is C70H111NO8P+. The van der Waals surface area contributed by atoms with Gasteiger partial charge in [-0.15, -0.1) is 0 Å². The van der Waals surface area contributed by atoms with Gasteiger partial charge in [0.15, 0.2) is 6.10 Å². The number of carbonyl (C=O) groups excluding carboxylic acids is 2. The van der Waals surface area contributed by atoms with Crippen molar-refractivity contribution in [3.63, 3.8) is 0 Å². The van der Waals surface area contributed by atoms with Crippen LogP contribution in [0.2, 0.25) is 0 Å². The fraction of sp³-hybridized carbons (Fsp3) is 0.543. The van der Waals surface area contributed by atoms with Gasteiger partial charge < -0.3 is 18.9 Å². The van der Waals surface area contributed by atoms with E-state index in [1.807, 2.05) is 21.1 Å². The van der Waals surface area contributed by atoms with Gasteiger partial charge in [-0.3, -0.25) is 18.6 Å². The van der Waals surface area contributed by atoms with E-state index in [2.05, 4.69) is 196 Å². The van der Waals surface area contributed by atoms with Crippen molar-refractivity contribution in [2.24, 2.45) is 0 Å². The molecule has 10 heteroatoms. The molecule has 448 valence electrons.